The first-order valence-corrected chi connectivity index (χ1v) is 6.61. The highest BCUT2D eigenvalue weighted by Gasteiger charge is 2.34. The van der Waals surface area contributed by atoms with E-state index in [0.29, 0.717) is 0 Å². The van der Waals surface area contributed by atoms with Gasteiger partial charge in [0.15, 0.2) is 11.4 Å². The molecule has 0 aliphatic rings. The summed E-state index contributed by atoms with van der Waals surface area (Å²) in [6, 6.07) is 5.28. The van der Waals surface area contributed by atoms with Crippen molar-refractivity contribution < 1.29 is 27.4 Å². The lowest BCUT2D eigenvalue weighted by atomic mass is 10.2. The Morgan fingerprint density at radius 2 is 2.08 bits per heavy atom. The first kappa shape index (κ1) is 17.5. The maximum atomic E-state index is 12.6. The summed E-state index contributed by atoms with van der Waals surface area (Å²) in [5.74, 6) is -1.62. The Kier molecular flexibility index (Phi) is 4.61. The van der Waals surface area contributed by atoms with Gasteiger partial charge >= 0.3 is 12.3 Å². The van der Waals surface area contributed by atoms with Crippen molar-refractivity contribution in [2.75, 3.05) is 12.8 Å². The summed E-state index contributed by atoms with van der Waals surface area (Å²) in [7, 11) is 1.06. The number of anilines is 1. The summed E-state index contributed by atoms with van der Waals surface area (Å²) in [6.07, 6.45) is -3.91. The number of nitrogens with zero attached hydrogens (tertiary/aromatic N) is 2. The van der Waals surface area contributed by atoms with E-state index in [1.807, 2.05) is 0 Å². The van der Waals surface area contributed by atoms with E-state index in [2.05, 4.69) is 9.47 Å². The van der Waals surface area contributed by atoms with E-state index in [0.717, 1.165) is 23.9 Å². The van der Waals surface area contributed by atoms with Gasteiger partial charge in [-0.05, 0) is 12.1 Å². The Labute approximate surface area is 138 Å². The lowest BCUT2D eigenvalue weighted by Gasteiger charge is -2.16. The minimum absolute atomic E-state index is 0.131. The largest absolute Gasteiger partial charge is 0.573 e. The van der Waals surface area contributed by atoms with E-state index in [1.165, 1.54) is 12.1 Å². The maximum absolute atomic E-state index is 12.6. The molecule has 0 atom stereocenters. The van der Waals surface area contributed by atoms with Gasteiger partial charge in [0.2, 0.25) is 0 Å². The lowest BCUT2D eigenvalue weighted by Crippen LogP contribution is -2.19. The molecule has 2 rings (SSSR count). The second kappa shape index (κ2) is 6.33. The number of carbonyl (C=O) groups is 1. The van der Waals surface area contributed by atoms with Crippen LogP contribution in [0.2, 0.25) is 5.02 Å². The van der Waals surface area contributed by atoms with Crippen LogP contribution in [0.15, 0.2) is 24.4 Å². The Hall–Kier alpha value is -2.86. The van der Waals surface area contributed by atoms with Crippen molar-refractivity contribution in [3.8, 4) is 17.5 Å². The minimum Gasteiger partial charge on any atom is -0.464 e. The molecule has 0 amide bonds. The molecule has 0 spiro atoms. The van der Waals surface area contributed by atoms with Gasteiger partial charge in [0.05, 0.1) is 23.4 Å². The summed E-state index contributed by atoms with van der Waals surface area (Å²) in [5.41, 5.74) is 4.69. The summed E-state index contributed by atoms with van der Waals surface area (Å²) >= 11 is 5.97. The van der Waals surface area contributed by atoms with Crippen molar-refractivity contribution in [3.63, 3.8) is 0 Å². The number of halogens is 4. The molecule has 2 N–H and O–H groups in total. The SMILES string of the molecule is COC(=O)c1c(N)c(C#N)cn1-c1c(Cl)cccc1OC(F)(F)F. The maximum Gasteiger partial charge on any atom is 0.573 e. The van der Waals surface area contributed by atoms with Crippen molar-refractivity contribution in [2.24, 2.45) is 0 Å². The van der Waals surface area contributed by atoms with Gasteiger partial charge in [-0.2, -0.15) is 5.26 Å². The van der Waals surface area contributed by atoms with Crippen molar-refractivity contribution in [3.05, 3.63) is 40.7 Å². The van der Waals surface area contributed by atoms with Crippen LogP contribution < -0.4 is 10.5 Å². The quantitative estimate of drug-likeness (QED) is 0.849. The third-order valence-electron chi connectivity index (χ3n) is 2.96. The van der Waals surface area contributed by atoms with Crippen LogP contribution in [0.5, 0.6) is 5.75 Å². The average Bonchev–Trinajstić information content (AvgIpc) is 2.81. The van der Waals surface area contributed by atoms with Crippen LogP contribution in [0.4, 0.5) is 18.9 Å². The first-order chi connectivity index (χ1) is 11.2. The molecule has 0 aliphatic heterocycles. The van der Waals surface area contributed by atoms with E-state index in [4.69, 9.17) is 22.6 Å². The van der Waals surface area contributed by atoms with Gasteiger partial charge in [-0.1, -0.05) is 17.7 Å². The average molecular weight is 360 g/mol. The molecular weight excluding hydrogens is 351 g/mol. The summed E-state index contributed by atoms with van der Waals surface area (Å²) in [5, 5.41) is 8.89. The number of nitrogens with two attached hydrogens (primary N) is 1. The van der Waals surface area contributed by atoms with Crippen molar-refractivity contribution in [1.82, 2.24) is 4.57 Å². The molecule has 0 fully saturated rings. The van der Waals surface area contributed by atoms with E-state index in [1.54, 1.807) is 6.07 Å². The Morgan fingerprint density at radius 3 is 2.62 bits per heavy atom. The van der Waals surface area contributed by atoms with Gasteiger partial charge in [-0.3, -0.25) is 0 Å². The number of hydrogen-bond donors (Lipinski definition) is 1. The highest BCUT2D eigenvalue weighted by molar-refractivity contribution is 6.32. The van der Waals surface area contributed by atoms with Crippen LogP contribution in [-0.2, 0) is 4.74 Å². The molecule has 6 nitrogen and oxygen atoms in total. The predicted octanol–water partition coefficient (Wildman–Crippen LogP) is 3.27. The second-order valence-electron chi connectivity index (χ2n) is 4.41. The Morgan fingerprint density at radius 1 is 1.42 bits per heavy atom. The molecule has 0 unspecified atom stereocenters. The van der Waals surface area contributed by atoms with Gasteiger partial charge in [0.25, 0.3) is 0 Å². The molecule has 0 radical (unpaired) electrons. The summed E-state index contributed by atoms with van der Waals surface area (Å²) < 4.78 is 47.2. The van der Waals surface area contributed by atoms with E-state index in [9.17, 15) is 18.0 Å². The molecule has 0 bridgehead atoms. The van der Waals surface area contributed by atoms with Crippen molar-refractivity contribution in [1.29, 1.82) is 5.26 Å². The fourth-order valence-corrected chi connectivity index (χ4v) is 2.28. The highest BCUT2D eigenvalue weighted by atomic mass is 35.5. The molecular formula is C14H9ClF3N3O3. The number of benzene rings is 1. The predicted molar refractivity (Wildman–Crippen MR) is 77.9 cm³/mol. The number of ether oxygens (including phenoxy) is 2. The Balaban J connectivity index is 2.78. The zero-order valence-electron chi connectivity index (χ0n) is 12.0. The number of nitriles is 1. The molecule has 0 saturated carbocycles. The molecule has 10 heteroatoms. The third-order valence-corrected chi connectivity index (χ3v) is 3.26. The monoisotopic (exact) mass is 359 g/mol. The number of carbonyl (C=O) groups excluding carboxylic acids is 1. The first-order valence-electron chi connectivity index (χ1n) is 6.23. The fourth-order valence-electron chi connectivity index (χ4n) is 2.03. The molecule has 1 aromatic carbocycles. The zero-order valence-corrected chi connectivity index (χ0v) is 12.8. The van der Waals surface area contributed by atoms with Crippen LogP contribution >= 0.6 is 11.6 Å². The van der Waals surface area contributed by atoms with Crippen LogP contribution in [0, 0.1) is 11.3 Å². The summed E-state index contributed by atoms with van der Waals surface area (Å²) in [6.45, 7) is 0. The zero-order chi connectivity index (χ0) is 18.1. The van der Waals surface area contributed by atoms with Gasteiger partial charge in [-0.15, -0.1) is 13.2 Å². The van der Waals surface area contributed by atoms with E-state index < -0.39 is 18.1 Å². The van der Waals surface area contributed by atoms with Gasteiger partial charge in [0.1, 0.15) is 11.8 Å². The number of methoxy groups -OCH3 is 1. The highest BCUT2D eigenvalue weighted by Crippen LogP contribution is 2.37. The Bertz CT molecular complexity index is 840. The molecule has 1 heterocycles. The van der Waals surface area contributed by atoms with Gasteiger partial charge < -0.3 is 19.8 Å². The fraction of sp³-hybridized carbons (Fsp3) is 0.143. The van der Waals surface area contributed by atoms with Gasteiger partial charge in [0, 0.05) is 6.20 Å². The number of rotatable bonds is 3. The van der Waals surface area contributed by atoms with E-state index >= 15 is 0 Å². The summed E-state index contributed by atoms with van der Waals surface area (Å²) in [4.78, 5) is 11.9. The van der Waals surface area contributed by atoms with Crippen molar-refractivity contribution >= 4 is 23.3 Å². The van der Waals surface area contributed by atoms with Gasteiger partial charge in [-0.25, -0.2) is 4.79 Å². The number of nitrogen functional groups attached to an aromatic ring is 1. The topological polar surface area (TPSA) is 90.3 Å². The van der Waals surface area contributed by atoms with Crippen LogP contribution in [0.3, 0.4) is 0 Å². The molecule has 0 aliphatic carbocycles. The number of alkyl halides is 3. The lowest BCUT2D eigenvalue weighted by molar-refractivity contribution is -0.274. The number of hydrogen-bond acceptors (Lipinski definition) is 5. The van der Waals surface area contributed by atoms with Crippen LogP contribution in [0.1, 0.15) is 16.1 Å². The molecule has 2 aromatic rings. The van der Waals surface area contributed by atoms with E-state index in [-0.39, 0.29) is 27.7 Å². The normalized spacial score (nSPS) is 11.0. The molecule has 1 aromatic heterocycles. The molecule has 126 valence electrons. The second-order valence-corrected chi connectivity index (χ2v) is 4.82. The van der Waals surface area contributed by atoms with Crippen molar-refractivity contribution in [2.45, 2.75) is 6.36 Å². The minimum atomic E-state index is -4.98. The number of aromatic nitrogens is 1. The molecule has 24 heavy (non-hydrogen) atoms. The number of para-hydroxylation sites is 1. The van der Waals surface area contributed by atoms with Crippen LogP contribution in [0.25, 0.3) is 5.69 Å². The smallest absolute Gasteiger partial charge is 0.464 e. The standard InChI is InChI=1S/C14H9ClF3N3O3/c1-23-13(22)12-10(20)7(5-19)6-21(12)11-8(15)3-2-4-9(11)24-14(16,17)18/h2-4,6H,20H2,1H3. The number of esters is 1. The third kappa shape index (κ3) is 3.23. The van der Waals surface area contributed by atoms with Crippen LogP contribution in [-0.4, -0.2) is 24.0 Å². The molecule has 0 saturated heterocycles.